The Morgan fingerprint density at radius 1 is 1.19 bits per heavy atom. The van der Waals surface area contributed by atoms with Gasteiger partial charge in [0.2, 0.25) is 0 Å². The van der Waals surface area contributed by atoms with Crippen LogP contribution in [0.2, 0.25) is 0 Å². The summed E-state index contributed by atoms with van der Waals surface area (Å²) in [6.07, 6.45) is 0.696. The fraction of sp³-hybridized carbons (Fsp3) is 0.550. The second-order valence-corrected chi connectivity index (χ2v) is 7.92. The Kier molecular flexibility index (Phi) is 5.01. The van der Waals surface area contributed by atoms with Crippen LogP contribution in [0.4, 0.5) is 4.79 Å². The van der Waals surface area contributed by atoms with Gasteiger partial charge in [-0.05, 0) is 39.7 Å². The topological polar surface area (TPSA) is 79.6 Å². The van der Waals surface area contributed by atoms with E-state index in [0.29, 0.717) is 37.2 Å². The first-order valence-corrected chi connectivity index (χ1v) is 8.92. The van der Waals surface area contributed by atoms with Crippen LogP contribution in [0.1, 0.15) is 49.5 Å². The molecular formula is C20H24N2O4. The molecule has 2 aliphatic rings. The normalized spacial score (nSPS) is 25.3. The maximum absolute atomic E-state index is 13.0. The van der Waals surface area contributed by atoms with E-state index >= 15 is 0 Å². The minimum absolute atomic E-state index is 0.0251. The predicted octanol–water partition coefficient (Wildman–Crippen LogP) is 3.16. The summed E-state index contributed by atoms with van der Waals surface area (Å²) in [5.74, 6) is -0.245. The maximum atomic E-state index is 13.0. The van der Waals surface area contributed by atoms with E-state index in [1.165, 1.54) is 0 Å². The van der Waals surface area contributed by atoms with Gasteiger partial charge < -0.3 is 9.47 Å². The molecule has 1 aromatic carbocycles. The van der Waals surface area contributed by atoms with E-state index in [2.05, 4.69) is 6.07 Å². The van der Waals surface area contributed by atoms with E-state index in [1.54, 1.807) is 29.2 Å². The van der Waals surface area contributed by atoms with Crippen molar-refractivity contribution >= 4 is 11.9 Å². The average molecular weight is 356 g/mol. The van der Waals surface area contributed by atoms with Gasteiger partial charge in [0.05, 0.1) is 36.9 Å². The Bertz CT molecular complexity index is 733. The summed E-state index contributed by atoms with van der Waals surface area (Å²) < 4.78 is 11.1. The van der Waals surface area contributed by atoms with Crippen LogP contribution in [0.25, 0.3) is 0 Å². The molecule has 2 atom stereocenters. The first-order valence-electron chi connectivity index (χ1n) is 8.92. The van der Waals surface area contributed by atoms with Crippen LogP contribution >= 0.6 is 0 Å². The third kappa shape index (κ3) is 3.73. The zero-order valence-electron chi connectivity index (χ0n) is 15.4. The number of fused-ring (bicyclic) bond motifs is 2. The Morgan fingerprint density at radius 2 is 1.81 bits per heavy atom. The predicted molar refractivity (Wildman–Crippen MR) is 94.7 cm³/mol. The number of benzene rings is 1. The van der Waals surface area contributed by atoms with Crippen molar-refractivity contribution in [3.05, 3.63) is 35.4 Å². The average Bonchev–Trinajstić information content (AvgIpc) is 2.58. The lowest BCUT2D eigenvalue weighted by atomic mass is 9.80. The number of nitrogens with zero attached hydrogens (tertiary/aromatic N) is 2. The zero-order valence-corrected chi connectivity index (χ0v) is 15.4. The monoisotopic (exact) mass is 356 g/mol. The lowest BCUT2D eigenvalue weighted by Gasteiger charge is -2.47. The molecule has 3 rings (SSSR count). The molecule has 6 heteroatoms. The number of morpholine rings is 1. The van der Waals surface area contributed by atoms with Crippen LogP contribution in [0.3, 0.4) is 0 Å². The maximum Gasteiger partial charge on any atom is 0.410 e. The summed E-state index contributed by atoms with van der Waals surface area (Å²) in [6.45, 7) is 6.32. The van der Waals surface area contributed by atoms with Gasteiger partial charge in [0.15, 0.2) is 5.78 Å². The molecule has 0 saturated carbocycles. The van der Waals surface area contributed by atoms with Crippen LogP contribution in [0, 0.1) is 17.2 Å². The lowest BCUT2D eigenvalue weighted by molar-refractivity contribution is -0.0861. The number of ether oxygens (including phenoxy) is 2. The van der Waals surface area contributed by atoms with Crippen LogP contribution in [0.5, 0.6) is 0 Å². The highest BCUT2D eigenvalue weighted by atomic mass is 16.6. The van der Waals surface area contributed by atoms with E-state index in [1.807, 2.05) is 20.8 Å². The van der Waals surface area contributed by atoms with Crippen molar-refractivity contribution < 1.29 is 19.1 Å². The lowest BCUT2D eigenvalue weighted by Crippen LogP contribution is -2.60. The first kappa shape index (κ1) is 18.4. The quantitative estimate of drug-likeness (QED) is 0.761. The third-order valence-corrected chi connectivity index (χ3v) is 4.81. The second kappa shape index (κ2) is 7.08. The van der Waals surface area contributed by atoms with Gasteiger partial charge in [0, 0.05) is 11.5 Å². The highest BCUT2D eigenvalue weighted by Crippen LogP contribution is 2.35. The van der Waals surface area contributed by atoms with Crippen LogP contribution in [-0.2, 0) is 9.47 Å². The Labute approximate surface area is 153 Å². The number of ketones is 1. The number of carbonyl (C=O) groups is 2. The molecule has 2 heterocycles. The van der Waals surface area contributed by atoms with Gasteiger partial charge in [-0.1, -0.05) is 18.2 Å². The second-order valence-electron chi connectivity index (χ2n) is 7.92. The van der Waals surface area contributed by atoms with E-state index in [9.17, 15) is 14.9 Å². The fourth-order valence-electron chi connectivity index (χ4n) is 3.76. The standard InChI is InChI=1S/C20H24N2O4/c1-20(2,3)26-19(24)22-15-8-14(9-16(22)12-25-11-15)18(23)17-7-5-4-6-13(17)10-21/h4-7,14-16H,8-9,11-12H2,1-3H3. The molecule has 1 aromatic rings. The minimum atomic E-state index is -0.565. The Hall–Kier alpha value is -2.39. The molecule has 0 aromatic heterocycles. The smallest absolute Gasteiger partial charge is 0.410 e. The number of rotatable bonds is 2. The van der Waals surface area contributed by atoms with Crippen molar-refractivity contribution in [3.63, 3.8) is 0 Å². The summed E-state index contributed by atoms with van der Waals surface area (Å²) >= 11 is 0. The van der Waals surface area contributed by atoms with E-state index in [4.69, 9.17) is 9.47 Å². The van der Waals surface area contributed by atoms with Crippen molar-refractivity contribution in [2.45, 2.75) is 51.3 Å². The molecule has 0 spiro atoms. The molecule has 2 bridgehead atoms. The highest BCUT2D eigenvalue weighted by molar-refractivity contribution is 6.00. The third-order valence-electron chi connectivity index (χ3n) is 4.81. The van der Waals surface area contributed by atoms with Crippen molar-refractivity contribution in [3.8, 4) is 6.07 Å². The molecule has 0 radical (unpaired) electrons. The van der Waals surface area contributed by atoms with Crippen molar-refractivity contribution in [1.29, 1.82) is 5.26 Å². The first-order chi connectivity index (χ1) is 12.3. The van der Waals surface area contributed by atoms with E-state index in [0.717, 1.165) is 0 Å². The number of nitriles is 1. The number of Topliss-reactive ketones (excluding diaryl/α,β-unsaturated/α-hetero) is 1. The van der Waals surface area contributed by atoms with Crippen molar-refractivity contribution in [2.24, 2.45) is 5.92 Å². The number of hydrogen-bond donors (Lipinski definition) is 0. The van der Waals surface area contributed by atoms with Crippen molar-refractivity contribution in [1.82, 2.24) is 4.90 Å². The number of amides is 1. The Balaban J connectivity index is 1.78. The summed E-state index contributed by atoms with van der Waals surface area (Å²) in [4.78, 5) is 27.3. The minimum Gasteiger partial charge on any atom is -0.444 e. The zero-order chi connectivity index (χ0) is 18.9. The molecule has 6 nitrogen and oxygen atoms in total. The van der Waals surface area contributed by atoms with Gasteiger partial charge in [0.25, 0.3) is 0 Å². The summed E-state index contributed by atoms with van der Waals surface area (Å²) in [5.41, 5.74) is 0.295. The largest absolute Gasteiger partial charge is 0.444 e. The molecule has 1 amide bonds. The van der Waals surface area contributed by atoms with E-state index < -0.39 is 5.60 Å². The molecule has 2 unspecified atom stereocenters. The van der Waals surface area contributed by atoms with E-state index in [-0.39, 0.29) is 29.9 Å². The van der Waals surface area contributed by atoms with Crippen LogP contribution in [0.15, 0.2) is 24.3 Å². The molecule has 26 heavy (non-hydrogen) atoms. The van der Waals surface area contributed by atoms with Gasteiger partial charge in [-0.2, -0.15) is 5.26 Å². The summed E-state index contributed by atoms with van der Waals surface area (Å²) in [7, 11) is 0. The molecule has 2 fully saturated rings. The highest BCUT2D eigenvalue weighted by Gasteiger charge is 2.45. The SMILES string of the molecule is CC(C)(C)OC(=O)N1C2COCC1CC(C(=O)c1ccccc1C#N)C2. The number of carbonyl (C=O) groups excluding carboxylic acids is 2. The van der Waals surface area contributed by atoms with Gasteiger partial charge >= 0.3 is 6.09 Å². The number of piperidine rings is 1. The molecule has 0 N–H and O–H groups in total. The Morgan fingerprint density at radius 3 is 2.38 bits per heavy atom. The van der Waals surface area contributed by atoms with Gasteiger partial charge in [-0.3, -0.25) is 9.69 Å². The van der Waals surface area contributed by atoms with Crippen molar-refractivity contribution in [2.75, 3.05) is 13.2 Å². The fourth-order valence-corrected chi connectivity index (χ4v) is 3.76. The molecule has 138 valence electrons. The van der Waals surface area contributed by atoms with Gasteiger partial charge in [-0.25, -0.2) is 4.79 Å². The van der Waals surface area contributed by atoms with Gasteiger partial charge in [-0.15, -0.1) is 0 Å². The molecule has 2 aliphatic heterocycles. The van der Waals surface area contributed by atoms with Crippen LogP contribution in [-0.4, -0.2) is 47.7 Å². The summed E-state index contributed by atoms with van der Waals surface area (Å²) in [6, 6.07) is 8.61. The molecule has 0 aliphatic carbocycles. The van der Waals surface area contributed by atoms with Gasteiger partial charge in [0.1, 0.15) is 5.60 Å². The van der Waals surface area contributed by atoms with Crippen LogP contribution < -0.4 is 0 Å². The molecular weight excluding hydrogens is 332 g/mol. The number of hydrogen-bond acceptors (Lipinski definition) is 5. The summed E-state index contributed by atoms with van der Waals surface area (Å²) in [5, 5.41) is 9.26. The molecule has 2 saturated heterocycles.